The summed E-state index contributed by atoms with van der Waals surface area (Å²) >= 11 is 13.4. The monoisotopic (exact) mass is 652 g/mol. The molecular formula is C33H30Cl2N2O6S. The van der Waals surface area contributed by atoms with Gasteiger partial charge in [0.25, 0.3) is 5.56 Å². The molecule has 0 amide bonds. The largest absolute Gasteiger partial charge is 0.493 e. The number of hydrogen-bond donors (Lipinski definition) is 0. The second-order valence-corrected chi connectivity index (χ2v) is 11.6. The Balaban J connectivity index is 1.56. The fraction of sp³-hybridized carbons (Fsp3) is 0.242. The summed E-state index contributed by atoms with van der Waals surface area (Å²) < 4.78 is 24.6. The molecule has 0 unspecified atom stereocenters. The zero-order chi connectivity index (χ0) is 31.4. The minimum absolute atomic E-state index is 0.184. The molecule has 8 nitrogen and oxygen atoms in total. The lowest BCUT2D eigenvalue weighted by Crippen LogP contribution is -2.40. The maximum absolute atomic E-state index is 14.0. The van der Waals surface area contributed by atoms with Gasteiger partial charge in [0.2, 0.25) is 0 Å². The fourth-order valence-corrected chi connectivity index (χ4v) is 6.25. The highest BCUT2D eigenvalue weighted by Gasteiger charge is 2.34. The molecule has 2 heterocycles. The standard InChI is InChI=1S/C33H30Cl2N2O6S/c1-5-41-27-17-22(11-13-26(27)40-4)30-29(32(39)42-6-2)19(3)36-33-37(30)31(38)28(44-33)16-20-8-7-9-23(14-20)43-18-21-10-12-24(34)25(35)15-21/h7-17,30H,5-6,18H2,1-4H3/b28-16+/t30-/m1/s1. The zero-order valence-electron chi connectivity index (χ0n) is 24.6. The molecular weight excluding hydrogens is 623 g/mol. The third-order valence-electron chi connectivity index (χ3n) is 6.87. The summed E-state index contributed by atoms with van der Waals surface area (Å²) in [6.45, 7) is 6.25. The van der Waals surface area contributed by atoms with Crippen LogP contribution in [0.5, 0.6) is 17.2 Å². The maximum Gasteiger partial charge on any atom is 0.338 e. The van der Waals surface area contributed by atoms with Gasteiger partial charge in [0.05, 0.1) is 52.2 Å². The molecule has 0 saturated heterocycles. The predicted molar refractivity (Wildman–Crippen MR) is 172 cm³/mol. The molecule has 44 heavy (non-hydrogen) atoms. The van der Waals surface area contributed by atoms with Gasteiger partial charge in [0.15, 0.2) is 16.3 Å². The van der Waals surface area contributed by atoms with Crippen LogP contribution in [0.3, 0.4) is 0 Å². The average Bonchev–Trinajstić information content (AvgIpc) is 3.31. The van der Waals surface area contributed by atoms with Crippen molar-refractivity contribution in [3.63, 3.8) is 0 Å². The van der Waals surface area contributed by atoms with Crippen molar-refractivity contribution in [1.82, 2.24) is 4.57 Å². The lowest BCUT2D eigenvalue weighted by atomic mass is 9.95. The third kappa shape index (κ3) is 6.55. The van der Waals surface area contributed by atoms with Gasteiger partial charge in [0.1, 0.15) is 12.4 Å². The number of rotatable bonds is 10. The molecule has 0 spiro atoms. The van der Waals surface area contributed by atoms with E-state index in [1.54, 1.807) is 51.3 Å². The van der Waals surface area contributed by atoms with Crippen LogP contribution in [-0.4, -0.2) is 30.9 Å². The molecule has 3 aromatic carbocycles. The molecule has 0 saturated carbocycles. The Morgan fingerprint density at radius 1 is 1.00 bits per heavy atom. The molecule has 4 aromatic rings. The van der Waals surface area contributed by atoms with Gasteiger partial charge in [0, 0.05) is 0 Å². The zero-order valence-corrected chi connectivity index (χ0v) is 26.9. The molecule has 0 bridgehead atoms. The Bertz CT molecular complexity index is 1930. The van der Waals surface area contributed by atoms with E-state index in [2.05, 4.69) is 4.99 Å². The van der Waals surface area contributed by atoms with Crippen LogP contribution in [0.4, 0.5) is 0 Å². The van der Waals surface area contributed by atoms with Crippen molar-refractivity contribution in [1.29, 1.82) is 0 Å². The van der Waals surface area contributed by atoms with Crippen molar-refractivity contribution >= 4 is 46.6 Å². The van der Waals surface area contributed by atoms with E-state index >= 15 is 0 Å². The number of esters is 1. The summed E-state index contributed by atoms with van der Waals surface area (Å²) in [5.41, 5.74) is 2.78. The van der Waals surface area contributed by atoms with E-state index in [0.29, 0.717) is 61.1 Å². The van der Waals surface area contributed by atoms with Crippen molar-refractivity contribution in [2.24, 2.45) is 4.99 Å². The normalized spacial score (nSPS) is 14.6. The quantitative estimate of drug-likeness (QED) is 0.193. The number of carbonyl (C=O) groups excluding carboxylic acids is 1. The van der Waals surface area contributed by atoms with Crippen LogP contribution in [0.15, 0.2) is 81.7 Å². The highest BCUT2D eigenvalue weighted by atomic mass is 35.5. The second kappa shape index (κ2) is 13.7. The highest BCUT2D eigenvalue weighted by molar-refractivity contribution is 7.07. The first-order valence-corrected chi connectivity index (χ1v) is 15.5. The second-order valence-electron chi connectivity index (χ2n) is 9.76. The number of aromatic nitrogens is 1. The van der Waals surface area contributed by atoms with Crippen LogP contribution in [0, 0.1) is 0 Å². The topological polar surface area (TPSA) is 88.4 Å². The van der Waals surface area contributed by atoms with Crippen LogP contribution in [0.2, 0.25) is 10.0 Å². The van der Waals surface area contributed by atoms with Gasteiger partial charge in [-0.3, -0.25) is 9.36 Å². The van der Waals surface area contributed by atoms with Crippen molar-refractivity contribution in [2.75, 3.05) is 20.3 Å². The molecule has 1 atom stereocenters. The molecule has 1 aliphatic heterocycles. The highest BCUT2D eigenvalue weighted by Crippen LogP contribution is 2.36. The number of hydrogen-bond acceptors (Lipinski definition) is 8. The first-order chi connectivity index (χ1) is 21.2. The van der Waals surface area contributed by atoms with Gasteiger partial charge in [-0.2, -0.15) is 0 Å². The molecule has 0 N–H and O–H groups in total. The third-order valence-corrected chi connectivity index (χ3v) is 8.59. The molecule has 0 radical (unpaired) electrons. The van der Waals surface area contributed by atoms with Gasteiger partial charge in [-0.1, -0.05) is 58.8 Å². The molecule has 228 valence electrons. The first kappa shape index (κ1) is 31.4. The number of methoxy groups -OCH3 is 1. The number of carbonyl (C=O) groups is 1. The summed E-state index contributed by atoms with van der Waals surface area (Å²) in [7, 11) is 1.56. The summed E-state index contributed by atoms with van der Waals surface area (Å²) in [5, 5.41) is 0.938. The van der Waals surface area contributed by atoms with E-state index in [1.165, 1.54) is 15.9 Å². The van der Waals surface area contributed by atoms with E-state index in [4.69, 9.17) is 42.1 Å². The predicted octanol–water partition coefficient (Wildman–Crippen LogP) is 6.09. The Hall–Kier alpha value is -4.05. The average molecular weight is 654 g/mol. The summed E-state index contributed by atoms with van der Waals surface area (Å²) in [6, 6.07) is 17.3. The van der Waals surface area contributed by atoms with E-state index < -0.39 is 12.0 Å². The summed E-state index contributed by atoms with van der Waals surface area (Å²) in [5.74, 6) is 1.14. The van der Waals surface area contributed by atoms with Crippen LogP contribution in [0.25, 0.3) is 6.08 Å². The van der Waals surface area contributed by atoms with Crippen LogP contribution >= 0.6 is 34.5 Å². The molecule has 1 aromatic heterocycles. The number of thiazole rings is 1. The van der Waals surface area contributed by atoms with Gasteiger partial charge < -0.3 is 18.9 Å². The molecule has 0 fully saturated rings. The molecule has 0 aliphatic carbocycles. The Morgan fingerprint density at radius 2 is 1.82 bits per heavy atom. The maximum atomic E-state index is 14.0. The molecule has 11 heteroatoms. The number of ether oxygens (including phenoxy) is 4. The minimum atomic E-state index is -0.779. The van der Waals surface area contributed by atoms with Crippen molar-refractivity contribution in [3.05, 3.63) is 118 Å². The SMILES string of the molecule is CCOC(=O)C1=C(C)N=c2s/c(=C/c3cccc(OCc4ccc(Cl)c(Cl)c4)c3)c(=O)n2[C@@H]1c1ccc(OC)c(OCC)c1. The van der Waals surface area contributed by atoms with E-state index in [-0.39, 0.29) is 17.7 Å². The van der Waals surface area contributed by atoms with Crippen LogP contribution in [-0.2, 0) is 16.1 Å². The number of nitrogens with zero attached hydrogens (tertiary/aromatic N) is 2. The molecule has 1 aliphatic rings. The van der Waals surface area contributed by atoms with E-state index in [1.807, 2.05) is 43.3 Å². The molecule has 5 rings (SSSR count). The minimum Gasteiger partial charge on any atom is -0.493 e. The van der Waals surface area contributed by atoms with Crippen molar-refractivity contribution < 1.29 is 23.7 Å². The number of halogens is 2. The Labute approximate surface area is 268 Å². The van der Waals surface area contributed by atoms with E-state index in [0.717, 1.165) is 11.1 Å². The van der Waals surface area contributed by atoms with Gasteiger partial charge in [-0.15, -0.1) is 0 Å². The Kier molecular flexibility index (Phi) is 9.78. The van der Waals surface area contributed by atoms with Gasteiger partial charge in [-0.25, -0.2) is 9.79 Å². The van der Waals surface area contributed by atoms with Crippen molar-refractivity contribution in [2.45, 2.75) is 33.4 Å². The lowest BCUT2D eigenvalue weighted by Gasteiger charge is -2.25. The lowest BCUT2D eigenvalue weighted by molar-refractivity contribution is -0.139. The summed E-state index contributed by atoms with van der Waals surface area (Å²) in [4.78, 5) is 32.4. The summed E-state index contributed by atoms with van der Waals surface area (Å²) in [6.07, 6.45) is 1.79. The van der Waals surface area contributed by atoms with Crippen LogP contribution in [0.1, 0.15) is 43.5 Å². The number of allylic oxidation sites excluding steroid dienone is 1. The first-order valence-electron chi connectivity index (χ1n) is 13.9. The number of benzene rings is 3. The van der Waals surface area contributed by atoms with E-state index in [9.17, 15) is 9.59 Å². The van der Waals surface area contributed by atoms with Crippen LogP contribution < -0.4 is 29.1 Å². The number of fused-ring (bicyclic) bond motifs is 1. The smallest absolute Gasteiger partial charge is 0.338 e. The Morgan fingerprint density at radius 3 is 2.55 bits per heavy atom. The van der Waals surface area contributed by atoms with Crippen molar-refractivity contribution in [3.8, 4) is 17.2 Å². The van der Waals surface area contributed by atoms with Gasteiger partial charge in [-0.05, 0) is 79.9 Å². The van der Waals surface area contributed by atoms with Gasteiger partial charge >= 0.3 is 5.97 Å². The fourth-order valence-electron chi connectivity index (χ4n) is 4.88.